The van der Waals surface area contributed by atoms with Gasteiger partial charge in [-0.25, -0.2) is 4.79 Å². The maximum Gasteiger partial charge on any atom is 0.318 e. The molecular formula is C12H17N5O3S. The monoisotopic (exact) mass is 311 g/mol. The first-order valence-electron chi connectivity index (χ1n) is 6.75. The Bertz CT molecular complexity index is 509. The van der Waals surface area contributed by atoms with Gasteiger partial charge in [0.1, 0.15) is 5.25 Å². The highest BCUT2D eigenvalue weighted by molar-refractivity contribution is 8.15. The number of thioether (sulfide) groups is 1. The molecule has 4 N–H and O–H groups in total. The molecule has 0 spiro atoms. The number of rotatable bonds is 3. The second kappa shape index (κ2) is 7.21. The van der Waals surface area contributed by atoms with E-state index in [0.717, 1.165) is 43.2 Å². The van der Waals surface area contributed by atoms with Gasteiger partial charge in [-0.3, -0.25) is 14.9 Å². The minimum Gasteiger partial charge on any atom is -0.351 e. The number of hydrogen-bond donors (Lipinski definition) is 3. The summed E-state index contributed by atoms with van der Waals surface area (Å²) in [5, 5.41) is 12.5. The number of carbonyl (C=O) groups is 3. The Kier molecular flexibility index (Phi) is 5.32. The molecule has 114 valence electrons. The average Bonchev–Trinajstić information content (AvgIpc) is 2.77. The molecule has 1 aliphatic heterocycles. The van der Waals surface area contributed by atoms with Gasteiger partial charge in [-0.15, -0.1) is 5.10 Å². The number of nitrogens with one attached hydrogen (secondary N) is 2. The summed E-state index contributed by atoms with van der Waals surface area (Å²) in [4.78, 5) is 33.6. The molecule has 1 saturated heterocycles. The zero-order chi connectivity index (χ0) is 15.2. The van der Waals surface area contributed by atoms with E-state index in [9.17, 15) is 14.4 Å². The van der Waals surface area contributed by atoms with Crippen molar-refractivity contribution in [2.24, 2.45) is 15.9 Å². The van der Waals surface area contributed by atoms with Crippen LogP contribution in [-0.4, -0.2) is 34.0 Å². The molecule has 0 aromatic rings. The van der Waals surface area contributed by atoms with Crippen LogP contribution < -0.4 is 16.4 Å². The fraction of sp³-hybridized carbons (Fsp3) is 0.583. The lowest BCUT2D eigenvalue weighted by Crippen LogP contribution is -2.37. The van der Waals surface area contributed by atoms with Crippen molar-refractivity contribution >= 4 is 40.5 Å². The van der Waals surface area contributed by atoms with Crippen molar-refractivity contribution in [3.8, 4) is 0 Å². The predicted molar refractivity (Wildman–Crippen MR) is 79.8 cm³/mol. The summed E-state index contributed by atoms with van der Waals surface area (Å²) in [6.07, 6.45) is 5.23. The van der Waals surface area contributed by atoms with E-state index >= 15 is 0 Å². The third-order valence-corrected chi connectivity index (χ3v) is 4.20. The van der Waals surface area contributed by atoms with E-state index in [0.29, 0.717) is 5.17 Å². The number of nitrogens with zero attached hydrogens (tertiary/aromatic N) is 2. The van der Waals surface area contributed by atoms with Crippen LogP contribution in [0.1, 0.15) is 38.5 Å². The average molecular weight is 311 g/mol. The molecule has 0 unspecified atom stereocenters. The second-order valence-electron chi connectivity index (χ2n) is 4.84. The van der Waals surface area contributed by atoms with Crippen LogP contribution in [0.15, 0.2) is 10.2 Å². The van der Waals surface area contributed by atoms with E-state index in [1.165, 1.54) is 6.42 Å². The molecule has 0 aromatic carbocycles. The third kappa shape index (κ3) is 4.85. The van der Waals surface area contributed by atoms with Gasteiger partial charge in [0.05, 0.1) is 0 Å². The number of nitrogens with two attached hydrogens (primary N) is 1. The highest BCUT2D eigenvalue weighted by Gasteiger charge is 2.32. The summed E-state index contributed by atoms with van der Waals surface area (Å²) in [5.74, 6) is -0.905. The molecule has 1 heterocycles. The van der Waals surface area contributed by atoms with E-state index in [4.69, 9.17) is 5.73 Å². The number of amides is 4. The lowest BCUT2D eigenvalue weighted by Gasteiger charge is -2.10. The van der Waals surface area contributed by atoms with Crippen molar-refractivity contribution in [2.75, 3.05) is 0 Å². The van der Waals surface area contributed by atoms with E-state index in [1.807, 2.05) is 5.32 Å². The normalized spacial score (nSPS) is 23.8. The number of hydrogen-bond acceptors (Lipinski definition) is 6. The van der Waals surface area contributed by atoms with Gasteiger partial charge in [-0.1, -0.05) is 18.2 Å². The molecule has 4 amide bonds. The topological polar surface area (TPSA) is 126 Å². The van der Waals surface area contributed by atoms with E-state index in [1.54, 1.807) is 0 Å². The lowest BCUT2D eigenvalue weighted by molar-refractivity contribution is -0.124. The van der Waals surface area contributed by atoms with Gasteiger partial charge in [0.2, 0.25) is 11.8 Å². The second-order valence-corrected chi connectivity index (χ2v) is 6.04. The number of carbonyl (C=O) groups excluding carboxylic acids is 3. The zero-order valence-corrected chi connectivity index (χ0v) is 12.2. The van der Waals surface area contributed by atoms with Crippen LogP contribution in [0.3, 0.4) is 0 Å². The van der Waals surface area contributed by atoms with Crippen LogP contribution in [0.2, 0.25) is 0 Å². The largest absolute Gasteiger partial charge is 0.351 e. The van der Waals surface area contributed by atoms with Crippen molar-refractivity contribution in [3.63, 3.8) is 0 Å². The fourth-order valence-electron chi connectivity index (χ4n) is 2.12. The molecule has 0 aromatic heterocycles. The van der Waals surface area contributed by atoms with Gasteiger partial charge in [-0.05, 0) is 25.7 Å². The Morgan fingerprint density at radius 2 is 2.00 bits per heavy atom. The molecule has 2 rings (SSSR count). The molecule has 1 aliphatic carbocycles. The molecule has 2 aliphatic rings. The zero-order valence-electron chi connectivity index (χ0n) is 11.4. The Labute approximate surface area is 126 Å². The van der Waals surface area contributed by atoms with Crippen LogP contribution in [0.5, 0.6) is 0 Å². The Hall–Kier alpha value is -1.90. The minimum absolute atomic E-state index is 0.130. The quantitative estimate of drug-likeness (QED) is 0.655. The number of urea groups is 1. The number of amidine groups is 1. The van der Waals surface area contributed by atoms with Gasteiger partial charge < -0.3 is 11.1 Å². The van der Waals surface area contributed by atoms with Gasteiger partial charge in [0.15, 0.2) is 5.17 Å². The molecule has 0 bridgehead atoms. The summed E-state index contributed by atoms with van der Waals surface area (Å²) < 4.78 is 0. The van der Waals surface area contributed by atoms with Crippen LogP contribution in [0.25, 0.3) is 0 Å². The summed E-state index contributed by atoms with van der Waals surface area (Å²) in [6.45, 7) is 0. The molecule has 1 atom stereocenters. The maximum absolute atomic E-state index is 11.7. The van der Waals surface area contributed by atoms with E-state index in [2.05, 4.69) is 15.5 Å². The smallest absolute Gasteiger partial charge is 0.318 e. The SMILES string of the molecule is NC(=O)NC(=O)C[C@@H]1S/C(=N\N=C2CCCCC2)NC1=O. The first kappa shape index (κ1) is 15.5. The molecule has 2 fully saturated rings. The van der Waals surface area contributed by atoms with Crippen molar-refractivity contribution in [2.45, 2.75) is 43.8 Å². The Morgan fingerprint density at radius 1 is 1.29 bits per heavy atom. The first-order valence-corrected chi connectivity index (χ1v) is 7.63. The Morgan fingerprint density at radius 3 is 2.67 bits per heavy atom. The number of imide groups is 1. The summed E-state index contributed by atoms with van der Waals surface area (Å²) in [6, 6.07) is -0.930. The molecule has 1 saturated carbocycles. The molecule has 9 heteroatoms. The highest BCUT2D eigenvalue weighted by Crippen LogP contribution is 2.23. The van der Waals surface area contributed by atoms with Crippen molar-refractivity contribution < 1.29 is 14.4 Å². The highest BCUT2D eigenvalue weighted by atomic mass is 32.2. The summed E-state index contributed by atoms with van der Waals surface area (Å²) >= 11 is 1.13. The van der Waals surface area contributed by atoms with E-state index < -0.39 is 17.2 Å². The van der Waals surface area contributed by atoms with Crippen LogP contribution in [0, 0.1) is 0 Å². The van der Waals surface area contributed by atoms with Gasteiger partial charge in [-0.2, -0.15) is 5.10 Å². The summed E-state index contributed by atoms with van der Waals surface area (Å²) in [5.41, 5.74) is 5.88. The van der Waals surface area contributed by atoms with Crippen LogP contribution in [0.4, 0.5) is 4.79 Å². The van der Waals surface area contributed by atoms with Gasteiger partial charge in [0, 0.05) is 12.1 Å². The molecule has 8 nitrogen and oxygen atoms in total. The number of primary amides is 1. The Balaban J connectivity index is 1.89. The van der Waals surface area contributed by atoms with Crippen molar-refractivity contribution in [1.29, 1.82) is 0 Å². The molecule has 0 radical (unpaired) electrons. The summed E-state index contributed by atoms with van der Waals surface area (Å²) in [7, 11) is 0. The molecular weight excluding hydrogens is 294 g/mol. The lowest BCUT2D eigenvalue weighted by atomic mass is 9.99. The molecule has 21 heavy (non-hydrogen) atoms. The fourth-order valence-corrected chi connectivity index (χ4v) is 3.04. The van der Waals surface area contributed by atoms with Gasteiger partial charge >= 0.3 is 6.03 Å². The van der Waals surface area contributed by atoms with Gasteiger partial charge in [0.25, 0.3) is 0 Å². The van der Waals surface area contributed by atoms with Crippen LogP contribution in [-0.2, 0) is 9.59 Å². The third-order valence-electron chi connectivity index (χ3n) is 3.12. The van der Waals surface area contributed by atoms with E-state index in [-0.39, 0.29) is 12.3 Å². The standard InChI is InChI=1S/C12H17N5O3S/c13-11(20)14-9(18)6-8-10(19)15-12(21-8)17-16-7-4-2-1-3-5-7/h8H,1-6H2,(H,15,17,19)(H3,13,14,18,20)/t8-/m0/s1. The van der Waals surface area contributed by atoms with Crippen molar-refractivity contribution in [1.82, 2.24) is 10.6 Å². The maximum atomic E-state index is 11.7. The minimum atomic E-state index is -0.930. The first-order chi connectivity index (χ1) is 10.0. The predicted octanol–water partition coefficient (Wildman–Crippen LogP) is 0.479. The van der Waals surface area contributed by atoms with Crippen LogP contribution >= 0.6 is 11.8 Å². The van der Waals surface area contributed by atoms with Crippen molar-refractivity contribution in [3.05, 3.63) is 0 Å².